The smallest absolute Gasteiger partial charge is 0.320 e. The average molecular weight is 237 g/mol. The monoisotopic (exact) mass is 237 g/mol. The summed E-state index contributed by atoms with van der Waals surface area (Å²) in [7, 11) is 0. The van der Waals surface area contributed by atoms with E-state index in [0.29, 0.717) is 5.75 Å². The molecule has 0 fully saturated rings. The van der Waals surface area contributed by atoms with Crippen molar-refractivity contribution >= 4 is 11.8 Å². The summed E-state index contributed by atoms with van der Waals surface area (Å²) in [5.41, 5.74) is 6.22. The number of nitrogens with two attached hydrogens (primary N) is 1. The zero-order chi connectivity index (χ0) is 12.8. The number of Topliss-reactive ketones (excluding diaryl/α,β-unsaturated/α-hetero) is 1. The number of rotatable bonds is 6. The molecule has 0 spiro atoms. The third-order valence-electron chi connectivity index (χ3n) is 2.14. The number of ketones is 1. The van der Waals surface area contributed by atoms with Gasteiger partial charge in [0.2, 0.25) is 0 Å². The van der Waals surface area contributed by atoms with E-state index in [1.54, 1.807) is 24.3 Å². The van der Waals surface area contributed by atoms with Gasteiger partial charge in [0.1, 0.15) is 18.4 Å². The van der Waals surface area contributed by atoms with Crippen LogP contribution in [-0.2, 0) is 16.0 Å². The van der Waals surface area contributed by atoms with E-state index in [0.717, 1.165) is 5.56 Å². The quantitative estimate of drug-likeness (QED) is 0.756. The maximum atomic E-state index is 10.7. The van der Waals surface area contributed by atoms with Gasteiger partial charge in [-0.2, -0.15) is 0 Å². The topological polar surface area (TPSA) is 89.6 Å². The van der Waals surface area contributed by atoms with Crippen LogP contribution >= 0.6 is 0 Å². The van der Waals surface area contributed by atoms with E-state index >= 15 is 0 Å². The van der Waals surface area contributed by atoms with Crippen molar-refractivity contribution in [3.63, 3.8) is 0 Å². The van der Waals surface area contributed by atoms with Gasteiger partial charge in [0.15, 0.2) is 5.78 Å². The predicted octanol–water partition coefficient (Wildman–Crippen LogP) is 0.609. The lowest BCUT2D eigenvalue weighted by atomic mass is 10.1. The number of carbonyl (C=O) groups excluding carboxylic acids is 1. The molecule has 1 unspecified atom stereocenters. The molecule has 0 saturated heterocycles. The van der Waals surface area contributed by atoms with Gasteiger partial charge in [-0.05, 0) is 31.0 Å². The highest BCUT2D eigenvalue weighted by Crippen LogP contribution is 2.13. The summed E-state index contributed by atoms with van der Waals surface area (Å²) >= 11 is 0. The van der Waals surface area contributed by atoms with Crippen LogP contribution in [0.15, 0.2) is 24.3 Å². The molecule has 3 N–H and O–H groups in total. The first-order chi connectivity index (χ1) is 7.99. The van der Waals surface area contributed by atoms with Crippen LogP contribution in [0.25, 0.3) is 0 Å². The third-order valence-corrected chi connectivity index (χ3v) is 2.14. The highest BCUT2D eigenvalue weighted by Gasteiger charge is 2.11. The summed E-state index contributed by atoms with van der Waals surface area (Å²) in [4.78, 5) is 21.3. The second-order valence-corrected chi connectivity index (χ2v) is 3.78. The molecule has 1 aromatic carbocycles. The maximum absolute atomic E-state index is 10.7. The van der Waals surface area contributed by atoms with Crippen molar-refractivity contribution in [1.82, 2.24) is 0 Å². The number of carbonyl (C=O) groups is 2. The standard InChI is InChI=1S/C12H15NO4/c1-8(14)7-17-10-4-2-9(3-5-10)6-11(13)12(15)16/h2-5,11H,6-7,13H2,1H3,(H,15,16). The normalized spacial score (nSPS) is 11.9. The third kappa shape index (κ3) is 4.65. The van der Waals surface area contributed by atoms with Crippen LogP contribution < -0.4 is 10.5 Å². The minimum absolute atomic E-state index is 0.0357. The largest absolute Gasteiger partial charge is 0.486 e. The molecule has 0 aromatic heterocycles. The lowest BCUT2D eigenvalue weighted by Crippen LogP contribution is -2.32. The van der Waals surface area contributed by atoms with E-state index in [4.69, 9.17) is 15.6 Å². The van der Waals surface area contributed by atoms with Crippen LogP contribution in [0.2, 0.25) is 0 Å². The van der Waals surface area contributed by atoms with Gasteiger partial charge in [-0.3, -0.25) is 9.59 Å². The van der Waals surface area contributed by atoms with Gasteiger partial charge < -0.3 is 15.6 Å². The number of benzene rings is 1. The summed E-state index contributed by atoms with van der Waals surface area (Å²) in [6.45, 7) is 1.48. The van der Waals surface area contributed by atoms with E-state index in [-0.39, 0.29) is 18.8 Å². The fourth-order valence-corrected chi connectivity index (χ4v) is 1.25. The fraction of sp³-hybridized carbons (Fsp3) is 0.333. The second-order valence-electron chi connectivity index (χ2n) is 3.78. The van der Waals surface area contributed by atoms with Crippen LogP contribution in [0.4, 0.5) is 0 Å². The summed E-state index contributed by atoms with van der Waals surface area (Å²) in [5.74, 6) is -0.503. The van der Waals surface area contributed by atoms with Crippen LogP contribution in [0.1, 0.15) is 12.5 Å². The molecule has 5 heteroatoms. The molecule has 1 atom stereocenters. The molecular weight excluding hydrogens is 222 g/mol. The van der Waals surface area contributed by atoms with Crippen molar-refractivity contribution in [2.24, 2.45) is 5.73 Å². The molecule has 92 valence electrons. The van der Waals surface area contributed by atoms with E-state index in [1.165, 1.54) is 6.92 Å². The number of ether oxygens (including phenoxy) is 1. The van der Waals surface area contributed by atoms with Gasteiger partial charge in [-0.1, -0.05) is 12.1 Å². The summed E-state index contributed by atoms with van der Waals surface area (Å²) in [6.07, 6.45) is 0.266. The zero-order valence-electron chi connectivity index (χ0n) is 9.55. The van der Waals surface area contributed by atoms with Gasteiger partial charge in [-0.15, -0.1) is 0 Å². The van der Waals surface area contributed by atoms with Crippen molar-refractivity contribution in [1.29, 1.82) is 0 Å². The number of hydrogen-bond donors (Lipinski definition) is 2. The zero-order valence-corrected chi connectivity index (χ0v) is 9.55. The van der Waals surface area contributed by atoms with Crippen LogP contribution in [-0.4, -0.2) is 29.5 Å². The second kappa shape index (κ2) is 6.00. The van der Waals surface area contributed by atoms with Crippen molar-refractivity contribution in [2.45, 2.75) is 19.4 Å². The molecule has 0 saturated carbocycles. The Kier molecular flexibility index (Phi) is 4.66. The first-order valence-corrected chi connectivity index (χ1v) is 5.18. The molecule has 0 bridgehead atoms. The van der Waals surface area contributed by atoms with Crippen molar-refractivity contribution < 1.29 is 19.4 Å². The van der Waals surface area contributed by atoms with Crippen LogP contribution in [0, 0.1) is 0 Å². The van der Waals surface area contributed by atoms with Gasteiger partial charge >= 0.3 is 5.97 Å². The molecule has 0 heterocycles. The molecule has 17 heavy (non-hydrogen) atoms. The number of carboxylic acid groups (broad SMARTS) is 1. The SMILES string of the molecule is CC(=O)COc1ccc(CC(N)C(=O)O)cc1. The van der Waals surface area contributed by atoms with E-state index < -0.39 is 12.0 Å². The highest BCUT2D eigenvalue weighted by atomic mass is 16.5. The summed E-state index contributed by atoms with van der Waals surface area (Å²) < 4.78 is 5.18. The maximum Gasteiger partial charge on any atom is 0.320 e. The van der Waals surface area contributed by atoms with Crippen LogP contribution in [0.3, 0.4) is 0 Å². The molecule has 0 radical (unpaired) electrons. The number of aliphatic carboxylic acids is 1. The Hall–Kier alpha value is -1.88. The van der Waals surface area contributed by atoms with Gasteiger partial charge in [0, 0.05) is 0 Å². The Bertz CT molecular complexity index is 399. The summed E-state index contributed by atoms with van der Waals surface area (Å²) in [6, 6.07) is 5.94. The molecule has 0 aliphatic rings. The van der Waals surface area contributed by atoms with E-state index in [9.17, 15) is 9.59 Å². The Morgan fingerprint density at radius 1 is 1.35 bits per heavy atom. The Morgan fingerprint density at radius 3 is 2.41 bits per heavy atom. The van der Waals surface area contributed by atoms with Gasteiger partial charge in [0.05, 0.1) is 0 Å². The Morgan fingerprint density at radius 2 is 1.94 bits per heavy atom. The lowest BCUT2D eigenvalue weighted by molar-refractivity contribution is -0.138. The van der Waals surface area contributed by atoms with Crippen molar-refractivity contribution in [2.75, 3.05) is 6.61 Å². The molecular formula is C12H15NO4. The number of hydrogen-bond acceptors (Lipinski definition) is 4. The van der Waals surface area contributed by atoms with E-state index in [2.05, 4.69) is 0 Å². The number of carboxylic acids is 1. The fourth-order valence-electron chi connectivity index (χ4n) is 1.25. The minimum atomic E-state index is -1.03. The van der Waals surface area contributed by atoms with Crippen molar-refractivity contribution in [3.8, 4) is 5.75 Å². The highest BCUT2D eigenvalue weighted by molar-refractivity contribution is 5.77. The Balaban J connectivity index is 2.55. The first kappa shape index (κ1) is 13.2. The molecule has 1 aromatic rings. The first-order valence-electron chi connectivity index (χ1n) is 5.18. The molecule has 0 amide bonds. The molecule has 5 nitrogen and oxygen atoms in total. The molecule has 1 rings (SSSR count). The van der Waals surface area contributed by atoms with Crippen molar-refractivity contribution in [3.05, 3.63) is 29.8 Å². The van der Waals surface area contributed by atoms with Gasteiger partial charge in [0.25, 0.3) is 0 Å². The van der Waals surface area contributed by atoms with Crippen LogP contribution in [0.5, 0.6) is 5.75 Å². The molecule has 0 aliphatic carbocycles. The Labute approximate surface area is 99.2 Å². The average Bonchev–Trinajstić information content (AvgIpc) is 2.28. The predicted molar refractivity (Wildman–Crippen MR) is 61.9 cm³/mol. The van der Waals surface area contributed by atoms with Gasteiger partial charge in [-0.25, -0.2) is 0 Å². The lowest BCUT2D eigenvalue weighted by Gasteiger charge is -2.08. The minimum Gasteiger partial charge on any atom is -0.486 e. The van der Waals surface area contributed by atoms with E-state index in [1.807, 2.05) is 0 Å². The molecule has 0 aliphatic heterocycles. The summed E-state index contributed by atoms with van der Waals surface area (Å²) in [5, 5.41) is 8.66.